The Kier molecular flexibility index (Phi) is 4.80. The van der Waals surface area contributed by atoms with Crippen molar-refractivity contribution in [3.63, 3.8) is 0 Å². The van der Waals surface area contributed by atoms with E-state index in [1.165, 1.54) is 18.2 Å². The lowest BCUT2D eigenvalue weighted by Gasteiger charge is -2.08. The van der Waals surface area contributed by atoms with Crippen LogP contribution < -0.4 is 5.32 Å². The van der Waals surface area contributed by atoms with Crippen molar-refractivity contribution in [1.82, 2.24) is 4.98 Å². The lowest BCUT2D eigenvalue weighted by atomic mass is 10.0. The second kappa shape index (κ2) is 6.43. The Morgan fingerprint density at radius 1 is 1.32 bits per heavy atom. The van der Waals surface area contributed by atoms with E-state index in [4.69, 9.17) is 0 Å². The van der Waals surface area contributed by atoms with Crippen molar-refractivity contribution < 1.29 is 14.0 Å². The molecule has 0 atom stereocenters. The zero-order valence-corrected chi connectivity index (χ0v) is 12.9. The highest BCUT2D eigenvalue weighted by molar-refractivity contribution is 14.1. The summed E-state index contributed by atoms with van der Waals surface area (Å²) in [6.45, 7) is 0. The average molecular weight is 412 g/mol. The number of aromatic amines is 1. The summed E-state index contributed by atoms with van der Waals surface area (Å²) in [6.07, 6.45) is 3.14. The molecule has 114 valence electrons. The number of fused-ring (bicyclic) bond motifs is 1. The molecule has 0 fully saturated rings. The molecular weight excluding hydrogens is 398 g/mol. The minimum atomic E-state index is -0.440. The summed E-state index contributed by atoms with van der Waals surface area (Å²) in [4.78, 5) is 26.3. The first-order chi connectivity index (χ1) is 10.1. The highest BCUT2D eigenvalue weighted by atomic mass is 127. The maximum Gasteiger partial charge on any atom is 0.228 e. The van der Waals surface area contributed by atoms with Crippen LogP contribution in [-0.4, -0.2) is 16.7 Å². The Hall–Kier alpha value is -1.96. The van der Waals surface area contributed by atoms with E-state index in [9.17, 15) is 14.0 Å². The third kappa shape index (κ3) is 2.96. The predicted octanol–water partition coefficient (Wildman–Crippen LogP) is 3.94. The summed E-state index contributed by atoms with van der Waals surface area (Å²) in [5.41, 5.74) is 1.95. The van der Waals surface area contributed by atoms with E-state index in [-0.39, 0.29) is 25.5 Å². The second-order valence-corrected chi connectivity index (χ2v) is 5.78. The smallest absolute Gasteiger partial charge is 0.228 e. The predicted molar refractivity (Wildman–Crippen MR) is 92.6 cm³/mol. The van der Waals surface area contributed by atoms with Crippen LogP contribution in [-0.2, 0) is 11.2 Å². The van der Waals surface area contributed by atoms with Gasteiger partial charge in [-0.05, 0) is 52.4 Å². The highest BCUT2D eigenvalue weighted by Gasteiger charge is 2.24. The fourth-order valence-electron chi connectivity index (χ4n) is 2.28. The lowest BCUT2D eigenvalue weighted by Crippen LogP contribution is -2.03. The number of halogens is 2. The van der Waals surface area contributed by atoms with E-state index >= 15 is 0 Å². The minimum Gasteiger partial charge on any atom is -0.359 e. The molecule has 6 heteroatoms. The summed E-state index contributed by atoms with van der Waals surface area (Å²) in [7, 11) is 0. The summed E-state index contributed by atoms with van der Waals surface area (Å²) >= 11 is 1.92. The molecule has 0 radical (unpaired) electrons. The van der Waals surface area contributed by atoms with Gasteiger partial charge in [-0.25, -0.2) is 4.39 Å². The number of carbonyl (C=O) groups is 2. The van der Waals surface area contributed by atoms with Crippen LogP contribution in [0.25, 0.3) is 3.58 Å². The van der Waals surface area contributed by atoms with E-state index in [0.29, 0.717) is 26.1 Å². The Morgan fingerprint density at radius 2 is 2.09 bits per heavy atom. The number of nitrogens with one attached hydrogen (secondary N) is 2. The largest absolute Gasteiger partial charge is 0.359 e. The van der Waals surface area contributed by atoms with E-state index in [2.05, 4.69) is 10.3 Å². The molecular formula is C16H14FIN2O2. The average Bonchev–Trinajstić information content (AvgIpc) is 3.06. The Bertz CT molecular complexity index is 767. The number of hydrogen-bond donors (Lipinski definition) is 2. The van der Waals surface area contributed by atoms with Gasteiger partial charge in [0, 0.05) is 27.1 Å². The number of rotatable bonds is 3. The van der Waals surface area contributed by atoms with Gasteiger partial charge in [0.05, 0.1) is 12.1 Å². The minimum absolute atomic E-state index is 0. The zero-order valence-electron chi connectivity index (χ0n) is 10.7. The maximum absolute atomic E-state index is 14.1. The number of amides is 1. The van der Waals surface area contributed by atoms with Crippen molar-refractivity contribution in [3.05, 3.63) is 59.2 Å². The zero-order chi connectivity index (χ0) is 15.0. The fourth-order valence-corrected chi connectivity index (χ4v) is 3.15. The molecule has 0 saturated carbocycles. The molecule has 1 aliphatic rings. The van der Waals surface area contributed by atoms with Crippen LogP contribution in [0.5, 0.6) is 0 Å². The van der Waals surface area contributed by atoms with Gasteiger partial charge in [-0.2, -0.15) is 0 Å². The molecule has 1 aliphatic heterocycles. The van der Waals surface area contributed by atoms with Crippen molar-refractivity contribution >= 4 is 43.5 Å². The van der Waals surface area contributed by atoms with Gasteiger partial charge in [0.25, 0.3) is 0 Å². The molecule has 4 nitrogen and oxygen atoms in total. The molecule has 0 spiro atoms. The van der Waals surface area contributed by atoms with Crippen LogP contribution >= 0.6 is 22.6 Å². The molecule has 22 heavy (non-hydrogen) atoms. The summed E-state index contributed by atoms with van der Waals surface area (Å²) < 4.78 is 14.6. The van der Waals surface area contributed by atoms with Crippen LogP contribution in [0.4, 0.5) is 10.1 Å². The third-order valence-electron chi connectivity index (χ3n) is 3.23. The van der Waals surface area contributed by atoms with E-state index in [1.54, 1.807) is 18.3 Å². The molecule has 2 heterocycles. The molecule has 1 aromatic heterocycles. The first kappa shape index (κ1) is 16.4. The first-order valence-corrected chi connectivity index (χ1v) is 7.30. The molecule has 2 N–H and O–H groups in total. The van der Waals surface area contributed by atoms with Crippen molar-refractivity contribution in [1.29, 1.82) is 0 Å². The molecule has 0 bridgehead atoms. The monoisotopic (exact) mass is 412 g/mol. The Labute approximate surface area is 140 Å². The van der Waals surface area contributed by atoms with E-state index < -0.39 is 5.82 Å². The second-order valence-electron chi connectivity index (χ2n) is 4.61. The normalized spacial score (nSPS) is 13.4. The Morgan fingerprint density at radius 3 is 2.77 bits per heavy atom. The number of benzene rings is 1. The SMILES string of the molecule is C.O=C1Cc2c(ccc(F)c2/C(I)=C/C(=O)c2ccc[nH]2)N1. The van der Waals surface area contributed by atoms with Crippen LogP contribution in [0.2, 0.25) is 0 Å². The molecule has 1 amide bonds. The van der Waals surface area contributed by atoms with Gasteiger partial charge >= 0.3 is 0 Å². The number of H-pyrrole nitrogens is 1. The molecule has 0 unspecified atom stereocenters. The standard InChI is InChI=1S/C15H10FIN2O2.CH4/c16-9-3-4-11-8(6-14(21)19-11)15(9)10(17)7-13(20)12-2-1-5-18-12;/h1-5,7,18H,6H2,(H,19,21);1H4/b10-7-;. The van der Waals surface area contributed by atoms with Gasteiger partial charge in [-0.15, -0.1) is 0 Å². The topological polar surface area (TPSA) is 62.0 Å². The van der Waals surface area contributed by atoms with Gasteiger partial charge in [-0.3, -0.25) is 9.59 Å². The summed E-state index contributed by atoms with van der Waals surface area (Å²) in [5.74, 6) is -0.847. The van der Waals surface area contributed by atoms with Crippen LogP contribution in [0.1, 0.15) is 29.0 Å². The number of ketones is 1. The van der Waals surface area contributed by atoms with Crippen LogP contribution in [0.15, 0.2) is 36.5 Å². The fraction of sp³-hybridized carbons (Fsp3) is 0.125. The summed E-state index contributed by atoms with van der Waals surface area (Å²) in [5, 5.41) is 2.67. The number of anilines is 1. The van der Waals surface area contributed by atoms with Crippen molar-refractivity contribution in [2.24, 2.45) is 0 Å². The Balaban J connectivity index is 0.00000176. The third-order valence-corrected chi connectivity index (χ3v) is 4.08. The van der Waals surface area contributed by atoms with Gasteiger partial charge in [0.15, 0.2) is 0 Å². The quantitative estimate of drug-likeness (QED) is 0.456. The van der Waals surface area contributed by atoms with Crippen LogP contribution in [0, 0.1) is 5.82 Å². The van der Waals surface area contributed by atoms with Crippen molar-refractivity contribution in [2.45, 2.75) is 13.8 Å². The number of aromatic nitrogens is 1. The van der Waals surface area contributed by atoms with Gasteiger partial charge in [0.1, 0.15) is 5.82 Å². The molecule has 0 aliphatic carbocycles. The number of allylic oxidation sites excluding steroid dienone is 1. The van der Waals surface area contributed by atoms with Crippen molar-refractivity contribution in [3.8, 4) is 0 Å². The van der Waals surface area contributed by atoms with Gasteiger partial charge < -0.3 is 10.3 Å². The maximum atomic E-state index is 14.1. The van der Waals surface area contributed by atoms with E-state index in [1.807, 2.05) is 22.6 Å². The molecule has 2 aromatic rings. The van der Waals surface area contributed by atoms with Crippen molar-refractivity contribution in [2.75, 3.05) is 5.32 Å². The lowest BCUT2D eigenvalue weighted by molar-refractivity contribution is -0.115. The van der Waals surface area contributed by atoms with Crippen LogP contribution in [0.3, 0.4) is 0 Å². The van der Waals surface area contributed by atoms with Gasteiger partial charge in [0.2, 0.25) is 11.7 Å². The number of hydrogen-bond acceptors (Lipinski definition) is 2. The van der Waals surface area contributed by atoms with E-state index in [0.717, 1.165) is 0 Å². The molecule has 1 aromatic carbocycles. The molecule has 0 saturated heterocycles. The van der Waals surface area contributed by atoms with Gasteiger partial charge in [-0.1, -0.05) is 7.43 Å². The first-order valence-electron chi connectivity index (χ1n) is 6.23. The molecule has 3 rings (SSSR count). The number of carbonyl (C=O) groups excluding carboxylic acids is 2. The summed E-state index contributed by atoms with van der Waals surface area (Å²) in [6, 6.07) is 6.21. The highest BCUT2D eigenvalue weighted by Crippen LogP contribution is 2.35.